The normalized spacial score (nSPS) is 16.0. The summed E-state index contributed by atoms with van der Waals surface area (Å²) in [6.45, 7) is 8.04. The Morgan fingerprint density at radius 1 is 0.686 bits per heavy atom. The fourth-order valence-electron chi connectivity index (χ4n) is 4.94. The van der Waals surface area contributed by atoms with Gasteiger partial charge in [0.05, 0.1) is 26.2 Å². The van der Waals surface area contributed by atoms with Gasteiger partial charge in [-0.2, -0.15) is 0 Å². The van der Waals surface area contributed by atoms with Crippen molar-refractivity contribution in [1.29, 1.82) is 0 Å². The van der Waals surface area contributed by atoms with Crippen LogP contribution in [-0.4, -0.2) is 58.8 Å². The molecule has 0 aromatic rings. The lowest BCUT2D eigenvalue weighted by atomic mass is 10.00. The molecule has 3 atom stereocenters. The highest BCUT2D eigenvalue weighted by atomic mass is 16.4. The molecule has 2 N–H and O–H groups in total. The Bertz CT molecular complexity index is 578. The monoisotopic (exact) mass is 497 g/mol. The zero-order valence-electron chi connectivity index (χ0n) is 22.7. The molecule has 0 heterocycles. The number of hydrogen-bond acceptors (Lipinski definition) is 4. The third kappa shape index (κ3) is 16.4. The molecule has 0 radical (unpaired) electrons. The van der Waals surface area contributed by atoms with Crippen molar-refractivity contribution in [2.45, 2.75) is 105 Å². The number of rotatable bonds is 23. The molecule has 0 saturated heterocycles. The maximum atomic E-state index is 11.6. The van der Waals surface area contributed by atoms with Gasteiger partial charge in [-0.15, -0.1) is 0 Å². The molecule has 0 aromatic carbocycles. The topological polar surface area (TPSA) is 115 Å². The highest BCUT2D eigenvalue weighted by molar-refractivity contribution is 5.70. The summed E-state index contributed by atoms with van der Waals surface area (Å²) in [4.78, 5) is 34.6. The number of carboxylic acid groups (broad SMARTS) is 3. The number of nitrogens with zero attached hydrogens (tertiary/aromatic N) is 1. The molecule has 0 aliphatic carbocycles. The van der Waals surface area contributed by atoms with E-state index in [1.807, 2.05) is 0 Å². The molecule has 0 bridgehead atoms. The van der Waals surface area contributed by atoms with Crippen LogP contribution in [0.3, 0.4) is 0 Å². The number of aliphatic carboxylic acids is 3. The van der Waals surface area contributed by atoms with Gasteiger partial charge in [0.25, 0.3) is 0 Å². The Morgan fingerprint density at radius 3 is 1.43 bits per heavy atom. The Morgan fingerprint density at radius 2 is 1.06 bits per heavy atom. The molecule has 0 spiro atoms. The van der Waals surface area contributed by atoms with Gasteiger partial charge < -0.3 is 24.6 Å². The van der Waals surface area contributed by atoms with Crippen LogP contribution in [-0.2, 0) is 14.4 Å². The molecule has 0 aromatic heterocycles. The van der Waals surface area contributed by atoms with Crippen LogP contribution >= 0.6 is 0 Å². The smallest absolute Gasteiger partial charge is 0.311 e. The highest BCUT2D eigenvalue weighted by Crippen LogP contribution is 2.22. The summed E-state index contributed by atoms with van der Waals surface area (Å²) in [6.07, 6.45) is 18.5. The maximum absolute atomic E-state index is 11.6. The standard InChI is InChI=1S/C28H51NO6/c1-5-6-7-8-9-10-11-12-13-14-15-16-17-18-19-29(20-23(2)26(30)31,21-24(3)27(32)33)22-25(4)28(34)35/h5-6,23-25H,7-22H2,1-4H3,(H2-,30,31,32,33,34,35)/b6-5+. The van der Waals surface area contributed by atoms with Crippen LogP contribution in [0.25, 0.3) is 0 Å². The molecule has 7 heteroatoms. The minimum atomic E-state index is -1.18. The molecule has 0 aliphatic rings. The summed E-state index contributed by atoms with van der Waals surface area (Å²) >= 11 is 0. The molecule has 204 valence electrons. The molecule has 0 amide bonds. The summed E-state index contributed by atoms with van der Waals surface area (Å²) in [7, 11) is 0. The third-order valence-corrected chi connectivity index (χ3v) is 6.97. The van der Waals surface area contributed by atoms with E-state index in [1.54, 1.807) is 20.8 Å². The zero-order chi connectivity index (χ0) is 26.7. The average Bonchev–Trinajstić information content (AvgIpc) is 2.78. The van der Waals surface area contributed by atoms with Crippen molar-refractivity contribution in [2.24, 2.45) is 17.8 Å². The van der Waals surface area contributed by atoms with E-state index in [2.05, 4.69) is 19.1 Å². The Hall–Kier alpha value is -1.89. The van der Waals surface area contributed by atoms with Crippen LogP contribution in [0.15, 0.2) is 12.2 Å². The van der Waals surface area contributed by atoms with Crippen LogP contribution in [0.4, 0.5) is 0 Å². The molecular weight excluding hydrogens is 446 g/mol. The van der Waals surface area contributed by atoms with Crippen LogP contribution in [0.2, 0.25) is 0 Å². The van der Waals surface area contributed by atoms with Crippen molar-refractivity contribution in [3.63, 3.8) is 0 Å². The van der Waals surface area contributed by atoms with Gasteiger partial charge in [-0.05, 0) is 46.5 Å². The third-order valence-electron chi connectivity index (χ3n) is 6.97. The van der Waals surface area contributed by atoms with E-state index >= 15 is 0 Å². The first-order valence-electron chi connectivity index (χ1n) is 13.7. The van der Waals surface area contributed by atoms with Crippen molar-refractivity contribution >= 4 is 17.9 Å². The second-order valence-corrected chi connectivity index (χ2v) is 10.6. The molecule has 3 unspecified atom stereocenters. The van der Waals surface area contributed by atoms with Gasteiger partial charge >= 0.3 is 11.9 Å². The number of hydrogen-bond donors (Lipinski definition) is 2. The van der Waals surface area contributed by atoms with E-state index in [9.17, 15) is 29.7 Å². The second kappa shape index (κ2) is 19.3. The van der Waals surface area contributed by atoms with Gasteiger partial charge in [-0.25, -0.2) is 0 Å². The highest BCUT2D eigenvalue weighted by Gasteiger charge is 2.36. The van der Waals surface area contributed by atoms with Gasteiger partial charge in [-0.1, -0.05) is 70.4 Å². The lowest BCUT2D eigenvalue weighted by molar-refractivity contribution is -0.934. The number of carbonyl (C=O) groups is 3. The van der Waals surface area contributed by atoms with Gasteiger partial charge in [0.2, 0.25) is 0 Å². The molecular formula is C28H51NO6. The first kappa shape index (κ1) is 33.1. The van der Waals surface area contributed by atoms with Crippen molar-refractivity contribution < 1.29 is 34.2 Å². The van der Waals surface area contributed by atoms with Gasteiger partial charge in [-0.3, -0.25) is 9.59 Å². The van der Waals surface area contributed by atoms with Gasteiger partial charge in [0.1, 0.15) is 11.8 Å². The lowest BCUT2D eigenvalue weighted by Crippen LogP contribution is -2.58. The van der Waals surface area contributed by atoms with E-state index in [-0.39, 0.29) is 24.1 Å². The number of carbonyl (C=O) groups excluding carboxylic acids is 1. The summed E-state index contributed by atoms with van der Waals surface area (Å²) in [5.74, 6) is -5.23. The Labute approximate surface area is 213 Å². The predicted molar refractivity (Wildman–Crippen MR) is 138 cm³/mol. The fraction of sp³-hybridized carbons (Fsp3) is 0.821. The van der Waals surface area contributed by atoms with Crippen molar-refractivity contribution in [1.82, 2.24) is 0 Å². The molecule has 0 aliphatic heterocycles. The minimum Gasteiger partial charge on any atom is -0.550 e. The number of quaternary nitrogens is 1. The summed E-state index contributed by atoms with van der Waals surface area (Å²) < 4.78 is 0.185. The Kier molecular flexibility index (Phi) is 18.3. The van der Waals surface area contributed by atoms with Crippen molar-refractivity contribution in [2.75, 3.05) is 26.2 Å². The zero-order valence-corrected chi connectivity index (χ0v) is 22.7. The molecule has 7 nitrogen and oxygen atoms in total. The van der Waals surface area contributed by atoms with Crippen LogP contribution in [0.5, 0.6) is 0 Å². The van der Waals surface area contributed by atoms with Crippen molar-refractivity contribution in [3.8, 4) is 0 Å². The second-order valence-electron chi connectivity index (χ2n) is 10.6. The van der Waals surface area contributed by atoms with E-state index in [0.717, 1.165) is 25.7 Å². The summed E-state index contributed by atoms with van der Waals surface area (Å²) in [5.41, 5.74) is 0. The predicted octanol–water partition coefficient (Wildman–Crippen LogP) is 4.89. The van der Waals surface area contributed by atoms with Crippen LogP contribution in [0, 0.1) is 17.8 Å². The first-order valence-corrected chi connectivity index (χ1v) is 13.7. The minimum absolute atomic E-state index is 0.185. The Balaban J connectivity index is 4.63. The lowest BCUT2D eigenvalue weighted by Gasteiger charge is -2.43. The molecule has 0 rings (SSSR count). The number of allylic oxidation sites excluding steroid dienone is 2. The summed E-state index contributed by atoms with van der Waals surface area (Å²) in [6, 6.07) is 0. The van der Waals surface area contributed by atoms with Gasteiger partial charge in [0, 0.05) is 11.9 Å². The maximum Gasteiger partial charge on any atom is 0.311 e. The average molecular weight is 498 g/mol. The largest absolute Gasteiger partial charge is 0.550 e. The number of unbranched alkanes of at least 4 members (excludes halogenated alkanes) is 11. The first-order chi connectivity index (χ1) is 16.5. The van der Waals surface area contributed by atoms with E-state index in [1.165, 1.54) is 51.4 Å². The fourth-order valence-corrected chi connectivity index (χ4v) is 4.94. The van der Waals surface area contributed by atoms with Gasteiger partial charge in [0.15, 0.2) is 0 Å². The van der Waals surface area contributed by atoms with E-state index < -0.39 is 35.7 Å². The summed E-state index contributed by atoms with van der Waals surface area (Å²) in [5, 5.41) is 30.4. The number of carboxylic acids is 3. The van der Waals surface area contributed by atoms with Crippen LogP contribution < -0.4 is 5.11 Å². The molecule has 35 heavy (non-hydrogen) atoms. The SMILES string of the molecule is C/C=C/CCCCCCCCCCCCC[N+](CC(C)C(=O)[O-])(CC(C)C(=O)O)CC(C)C(=O)O. The quantitative estimate of drug-likeness (QED) is 0.118. The molecule has 0 fully saturated rings. The van der Waals surface area contributed by atoms with Crippen LogP contribution in [0.1, 0.15) is 105 Å². The molecule has 0 saturated carbocycles. The van der Waals surface area contributed by atoms with E-state index in [0.29, 0.717) is 6.54 Å². The van der Waals surface area contributed by atoms with Crippen molar-refractivity contribution in [3.05, 3.63) is 12.2 Å². The van der Waals surface area contributed by atoms with E-state index in [4.69, 9.17) is 0 Å².